The number of nitrogens with zero attached hydrogens (tertiary/aromatic N) is 2. The lowest BCUT2D eigenvalue weighted by Crippen LogP contribution is -3.09. The zero-order valence-electron chi connectivity index (χ0n) is 13.0. The van der Waals surface area contributed by atoms with Crippen LogP contribution in [0.15, 0.2) is 24.4 Å². The number of hydrogen-bond acceptors (Lipinski definition) is 4. The van der Waals surface area contributed by atoms with Gasteiger partial charge in [0.2, 0.25) is 0 Å². The first kappa shape index (κ1) is 15.6. The Morgan fingerprint density at radius 1 is 1.24 bits per heavy atom. The zero-order chi connectivity index (χ0) is 15.1. The van der Waals surface area contributed by atoms with Crippen LogP contribution in [0, 0.1) is 0 Å². The van der Waals surface area contributed by atoms with Gasteiger partial charge < -0.3 is 21.3 Å². The Labute approximate surface area is 126 Å². The number of hydrogen-bond donors (Lipinski definition) is 4. The summed E-state index contributed by atoms with van der Waals surface area (Å²) in [5, 5.41) is 11.2. The minimum atomic E-state index is 0.711. The van der Waals surface area contributed by atoms with Crippen LogP contribution in [0.1, 0.15) is 13.3 Å². The van der Waals surface area contributed by atoms with E-state index >= 15 is 0 Å². The summed E-state index contributed by atoms with van der Waals surface area (Å²) in [5.41, 5.74) is 7.74. The highest BCUT2D eigenvalue weighted by Gasteiger charge is 2.07. The third-order valence-corrected chi connectivity index (χ3v) is 3.58. The van der Waals surface area contributed by atoms with Crippen molar-refractivity contribution in [3.05, 3.63) is 24.4 Å². The number of likely N-dealkylation sites (N-methyl/N-ethyl adjacent to an activating group) is 1. The average Bonchev–Trinajstić information content (AvgIpc) is 2.80. The topological polar surface area (TPSA) is 71.8 Å². The van der Waals surface area contributed by atoms with E-state index in [4.69, 9.17) is 5.73 Å². The van der Waals surface area contributed by atoms with Crippen LogP contribution in [-0.2, 0) is 0 Å². The molecule has 2 heterocycles. The van der Waals surface area contributed by atoms with Gasteiger partial charge in [-0.15, -0.1) is 5.10 Å². The van der Waals surface area contributed by atoms with E-state index in [0.717, 1.165) is 37.5 Å². The van der Waals surface area contributed by atoms with E-state index < -0.39 is 0 Å². The third-order valence-electron chi connectivity index (χ3n) is 3.58. The van der Waals surface area contributed by atoms with Crippen LogP contribution < -0.4 is 21.3 Å². The summed E-state index contributed by atoms with van der Waals surface area (Å²) < 4.78 is 1.80. The molecular formula is C15H27N6+. The van der Waals surface area contributed by atoms with Crippen molar-refractivity contribution < 1.29 is 4.90 Å². The second-order valence-corrected chi connectivity index (χ2v) is 5.43. The number of nitrogens with two attached hydrogens (primary N) is 1. The van der Waals surface area contributed by atoms with E-state index in [1.807, 2.05) is 24.4 Å². The van der Waals surface area contributed by atoms with Crippen LogP contribution in [0.4, 0.5) is 11.5 Å². The van der Waals surface area contributed by atoms with Crippen molar-refractivity contribution in [3.8, 4) is 0 Å². The molecule has 2 aromatic heterocycles. The molecule has 0 aliphatic rings. The monoisotopic (exact) mass is 291 g/mol. The molecule has 0 saturated heterocycles. The quantitative estimate of drug-likeness (QED) is 0.485. The van der Waals surface area contributed by atoms with Crippen LogP contribution in [0.25, 0.3) is 5.52 Å². The Hall–Kier alpha value is -1.79. The van der Waals surface area contributed by atoms with E-state index in [1.165, 1.54) is 13.0 Å². The first-order valence-corrected chi connectivity index (χ1v) is 7.71. The molecule has 21 heavy (non-hydrogen) atoms. The Kier molecular flexibility index (Phi) is 5.83. The van der Waals surface area contributed by atoms with Gasteiger partial charge in [-0.1, -0.05) is 13.0 Å². The van der Waals surface area contributed by atoms with Crippen LogP contribution in [0.3, 0.4) is 0 Å². The molecule has 0 spiro atoms. The fraction of sp³-hybridized carbons (Fsp3) is 0.533. The summed E-state index contributed by atoms with van der Waals surface area (Å²) in [6.07, 6.45) is 3.14. The standard InChI is InChI=1S/C15H26N6/c1-3-10-20(2)12-9-17-7-8-18-15-14(16)13-6-4-5-11-21(13)19-15/h4-6,11,17H,3,7-10,12,16H2,1-2H3,(H,18,19)/p+1. The number of nitrogen functional groups attached to an aromatic ring is 1. The Morgan fingerprint density at radius 2 is 2.10 bits per heavy atom. The molecule has 1 atom stereocenters. The first-order chi connectivity index (χ1) is 10.2. The molecule has 6 heteroatoms. The largest absolute Gasteiger partial charge is 0.394 e. The molecule has 0 aliphatic carbocycles. The van der Waals surface area contributed by atoms with Gasteiger partial charge in [0.1, 0.15) is 5.69 Å². The number of aromatic nitrogens is 2. The number of rotatable bonds is 9. The van der Waals surface area contributed by atoms with Crippen LogP contribution in [0.5, 0.6) is 0 Å². The van der Waals surface area contributed by atoms with Crippen LogP contribution in [0.2, 0.25) is 0 Å². The molecule has 0 fully saturated rings. The van der Waals surface area contributed by atoms with Crippen molar-refractivity contribution in [2.24, 2.45) is 0 Å². The highest BCUT2D eigenvalue weighted by Crippen LogP contribution is 2.21. The molecule has 5 N–H and O–H groups in total. The van der Waals surface area contributed by atoms with E-state index in [9.17, 15) is 0 Å². The van der Waals surface area contributed by atoms with Gasteiger partial charge in [-0.3, -0.25) is 0 Å². The summed E-state index contributed by atoms with van der Waals surface area (Å²) in [6, 6.07) is 5.88. The number of pyridine rings is 1. The molecule has 6 nitrogen and oxygen atoms in total. The Balaban J connectivity index is 1.69. The molecule has 2 rings (SSSR count). The minimum absolute atomic E-state index is 0.711. The fourth-order valence-corrected chi connectivity index (χ4v) is 2.40. The molecule has 0 saturated carbocycles. The van der Waals surface area contributed by atoms with Crippen molar-refractivity contribution >= 4 is 17.0 Å². The minimum Gasteiger partial charge on any atom is -0.394 e. The maximum atomic E-state index is 6.08. The maximum Gasteiger partial charge on any atom is 0.172 e. The lowest BCUT2D eigenvalue weighted by Gasteiger charge is -2.13. The van der Waals surface area contributed by atoms with Gasteiger partial charge >= 0.3 is 0 Å². The Bertz CT molecular complexity index is 550. The van der Waals surface area contributed by atoms with E-state index in [1.54, 1.807) is 9.42 Å². The number of anilines is 2. The molecule has 1 unspecified atom stereocenters. The lowest BCUT2D eigenvalue weighted by atomic mass is 10.3. The SMILES string of the molecule is CCC[NH+](C)CCNCCNc1nn2ccccc2c1N. The second-order valence-electron chi connectivity index (χ2n) is 5.43. The van der Waals surface area contributed by atoms with E-state index in [2.05, 4.69) is 29.7 Å². The zero-order valence-corrected chi connectivity index (χ0v) is 13.0. The molecular weight excluding hydrogens is 264 g/mol. The summed E-state index contributed by atoms with van der Waals surface area (Å²) >= 11 is 0. The highest BCUT2D eigenvalue weighted by molar-refractivity contribution is 5.80. The van der Waals surface area contributed by atoms with Gasteiger partial charge in [-0.25, -0.2) is 4.52 Å². The maximum absolute atomic E-state index is 6.08. The molecule has 2 aromatic rings. The average molecular weight is 291 g/mol. The molecule has 0 aliphatic heterocycles. The third kappa shape index (κ3) is 4.34. The van der Waals surface area contributed by atoms with Crippen molar-refractivity contribution in [1.29, 1.82) is 0 Å². The van der Waals surface area contributed by atoms with Gasteiger partial charge in [0, 0.05) is 25.8 Å². The van der Waals surface area contributed by atoms with Crippen molar-refractivity contribution in [2.75, 3.05) is 50.8 Å². The van der Waals surface area contributed by atoms with Crippen molar-refractivity contribution in [1.82, 2.24) is 14.9 Å². The summed E-state index contributed by atoms with van der Waals surface area (Å²) in [4.78, 5) is 1.57. The number of quaternary nitrogens is 1. The smallest absolute Gasteiger partial charge is 0.172 e. The molecule has 0 radical (unpaired) electrons. The van der Waals surface area contributed by atoms with Gasteiger partial charge in [0.25, 0.3) is 0 Å². The van der Waals surface area contributed by atoms with Crippen LogP contribution >= 0.6 is 0 Å². The number of nitrogens with one attached hydrogen (secondary N) is 3. The predicted octanol–water partition coefficient (Wildman–Crippen LogP) is -0.157. The Morgan fingerprint density at radius 3 is 2.86 bits per heavy atom. The normalized spacial score (nSPS) is 12.7. The molecule has 0 bridgehead atoms. The molecule has 116 valence electrons. The van der Waals surface area contributed by atoms with Crippen molar-refractivity contribution in [3.63, 3.8) is 0 Å². The van der Waals surface area contributed by atoms with Gasteiger partial charge in [-0.2, -0.15) is 0 Å². The summed E-state index contributed by atoms with van der Waals surface area (Å²) in [7, 11) is 2.24. The fourth-order valence-electron chi connectivity index (χ4n) is 2.40. The van der Waals surface area contributed by atoms with E-state index in [-0.39, 0.29) is 0 Å². The summed E-state index contributed by atoms with van der Waals surface area (Å²) in [6.45, 7) is 7.38. The predicted molar refractivity (Wildman–Crippen MR) is 87.9 cm³/mol. The van der Waals surface area contributed by atoms with Gasteiger partial charge in [-0.05, 0) is 18.6 Å². The summed E-state index contributed by atoms with van der Waals surface area (Å²) in [5.74, 6) is 0.761. The van der Waals surface area contributed by atoms with Gasteiger partial charge in [0.05, 0.1) is 25.7 Å². The lowest BCUT2D eigenvalue weighted by molar-refractivity contribution is -0.878. The first-order valence-electron chi connectivity index (χ1n) is 7.71. The second kappa shape index (κ2) is 7.85. The van der Waals surface area contributed by atoms with Crippen LogP contribution in [-0.4, -0.2) is 49.4 Å². The molecule has 0 aromatic carbocycles. The number of fused-ring (bicyclic) bond motifs is 1. The van der Waals surface area contributed by atoms with Crippen molar-refractivity contribution in [2.45, 2.75) is 13.3 Å². The molecule has 0 amide bonds. The van der Waals surface area contributed by atoms with Gasteiger partial charge in [0.15, 0.2) is 5.82 Å². The highest BCUT2D eigenvalue weighted by atomic mass is 15.3. The van der Waals surface area contributed by atoms with E-state index in [0.29, 0.717) is 5.69 Å².